The molecule has 0 atom stereocenters. The van der Waals surface area contributed by atoms with E-state index < -0.39 is 0 Å². The molecule has 0 aliphatic carbocycles. The molecule has 17 heavy (non-hydrogen) atoms. The Morgan fingerprint density at radius 2 is 2.12 bits per heavy atom. The smallest absolute Gasteiger partial charge is 0.123 e. The summed E-state index contributed by atoms with van der Waals surface area (Å²) in [5.74, 6) is -0.247. The van der Waals surface area contributed by atoms with Gasteiger partial charge in [-0.15, -0.1) is 0 Å². The highest BCUT2D eigenvalue weighted by Gasteiger charge is 2.26. The van der Waals surface area contributed by atoms with Crippen LogP contribution in [0.25, 0.3) is 0 Å². The van der Waals surface area contributed by atoms with E-state index in [0.29, 0.717) is 11.6 Å². The number of rotatable bonds is 3. The maximum absolute atomic E-state index is 13.1. The summed E-state index contributed by atoms with van der Waals surface area (Å²) in [6, 6.07) is 4.46. The van der Waals surface area contributed by atoms with E-state index >= 15 is 0 Å². The highest BCUT2D eigenvalue weighted by atomic mass is 35.5. The molecule has 1 saturated heterocycles. The SMILES string of the molecule is CC1(NCc2cc(F)ccc2Cl)CCOCC1. The summed E-state index contributed by atoms with van der Waals surface area (Å²) in [6.45, 7) is 4.32. The summed E-state index contributed by atoms with van der Waals surface area (Å²) in [6.07, 6.45) is 1.94. The van der Waals surface area contributed by atoms with Crippen molar-refractivity contribution in [2.75, 3.05) is 13.2 Å². The van der Waals surface area contributed by atoms with Gasteiger partial charge < -0.3 is 10.1 Å². The molecule has 1 aliphatic rings. The lowest BCUT2D eigenvalue weighted by atomic mass is 9.92. The zero-order chi connectivity index (χ0) is 12.3. The third-order valence-corrected chi connectivity index (χ3v) is 3.68. The topological polar surface area (TPSA) is 21.3 Å². The second kappa shape index (κ2) is 5.34. The molecule has 1 aliphatic heterocycles. The molecule has 2 rings (SSSR count). The summed E-state index contributed by atoms with van der Waals surface area (Å²) >= 11 is 6.03. The molecule has 2 nitrogen and oxygen atoms in total. The largest absolute Gasteiger partial charge is 0.381 e. The van der Waals surface area contributed by atoms with Crippen LogP contribution < -0.4 is 5.32 Å². The van der Waals surface area contributed by atoms with Crippen molar-refractivity contribution >= 4 is 11.6 Å². The van der Waals surface area contributed by atoms with Crippen LogP contribution >= 0.6 is 11.6 Å². The molecule has 1 heterocycles. The van der Waals surface area contributed by atoms with Crippen molar-refractivity contribution in [3.8, 4) is 0 Å². The van der Waals surface area contributed by atoms with Crippen LogP contribution in [0.4, 0.5) is 4.39 Å². The molecule has 1 aromatic rings. The van der Waals surface area contributed by atoms with Gasteiger partial charge in [-0.05, 0) is 43.5 Å². The average molecular weight is 258 g/mol. The molecule has 1 N–H and O–H groups in total. The molecule has 0 radical (unpaired) electrons. The second-order valence-corrected chi connectivity index (χ2v) is 5.17. The third kappa shape index (κ3) is 3.41. The number of nitrogens with one attached hydrogen (secondary N) is 1. The van der Waals surface area contributed by atoms with Crippen LogP contribution in [0.15, 0.2) is 18.2 Å². The first-order chi connectivity index (χ1) is 8.09. The quantitative estimate of drug-likeness (QED) is 0.898. The Bertz CT molecular complexity index is 391. The van der Waals surface area contributed by atoms with Gasteiger partial charge in [0, 0.05) is 30.3 Å². The number of ether oxygens (including phenoxy) is 1. The lowest BCUT2D eigenvalue weighted by Gasteiger charge is -2.34. The number of halogens is 2. The molecule has 94 valence electrons. The zero-order valence-corrected chi connectivity index (χ0v) is 10.7. The first kappa shape index (κ1) is 12.8. The Morgan fingerprint density at radius 1 is 1.41 bits per heavy atom. The summed E-state index contributed by atoms with van der Waals surface area (Å²) in [4.78, 5) is 0. The van der Waals surface area contributed by atoms with E-state index in [2.05, 4.69) is 12.2 Å². The second-order valence-electron chi connectivity index (χ2n) is 4.76. The van der Waals surface area contributed by atoms with Crippen LogP contribution in [0.5, 0.6) is 0 Å². The number of benzene rings is 1. The van der Waals surface area contributed by atoms with Gasteiger partial charge in [0.2, 0.25) is 0 Å². The molecule has 0 saturated carbocycles. The van der Waals surface area contributed by atoms with Crippen LogP contribution in [0.2, 0.25) is 5.02 Å². The molecule has 0 spiro atoms. The normalized spacial score (nSPS) is 19.2. The fraction of sp³-hybridized carbons (Fsp3) is 0.538. The molecule has 0 amide bonds. The van der Waals surface area contributed by atoms with Gasteiger partial charge in [-0.2, -0.15) is 0 Å². The molecule has 0 bridgehead atoms. The van der Waals surface area contributed by atoms with Crippen LogP contribution in [-0.4, -0.2) is 18.8 Å². The molecule has 4 heteroatoms. The van der Waals surface area contributed by atoms with Gasteiger partial charge in [-0.25, -0.2) is 4.39 Å². The maximum atomic E-state index is 13.1. The lowest BCUT2D eigenvalue weighted by Crippen LogP contribution is -2.46. The fourth-order valence-electron chi connectivity index (χ4n) is 1.99. The number of hydrogen-bond donors (Lipinski definition) is 1. The van der Waals surface area contributed by atoms with E-state index in [-0.39, 0.29) is 11.4 Å². The molecule has 0 unspecified atom stereocenters. The van der Waals surface area contributed by atoms with Gasteiger partial charge in [0.25, 0.3) is 0 Å². The number of hydrogen-bond acceptors (Lipinski definition) is 2. The Morgan fingerprint density at radius 3 is 2.82 bits per heavy atom. The predicted octanol–water partition coefficient (Wildman–Crippen LogP) is 3.14. The summed E-state index contributed by atoms with van der Waals surface area (Å²) < 4.78 is 18.4. The third-order valence-electron chi connectivity index (χ3n) is 3.31. The van der Waals surface area contributed by atoms with Gasteiger partial charge in [-0.3, -0.25) is 0 Å². The van der Waals surface area contributed by atoms with Gasteiger partial charge in [0.1, 0.15) is 5.82 Å². The van der Waals surface area contributed by atoms with Crippen molar-refractivity contribution in [1.29, 1.82) is 0 Å². The molecule has 1 aromatic carbocycles. The van der Waals surface area contributed by atoms with Crippen molar-refractivity contribution in [1.82, 2.24) is 5.32 Å². The highest BCUT2D eigenvalue weighted by molar-refractivity contribution is 6.31. The van der Waals surface area contributed by atoms with Crippen molar-refractivity contribution in [2.45, 2.75) is 31.8 Å². The first-order valence-corrected chi connectivity index (χ1v) is 6.24. The van der Waals surface area contributed by atoms with E-state index in [0.717, 1.165) is 31.6 Å². The van der Waals surface area contributed by atoms with Gasteiger partial charge >= 0.3 is 0 Å². The standard InChI is InChI=1S/C13H17ClFNO/c1-13(4-6-17-7-5-13)16-9-10-8-11(15)2-3-12(10)14/h2-3,8,16H,4-7,9H2,1H3. The minimum atomic E-state index is -0.247. The van der Waals surface area contributed by atoms with Gasteiger partial charge in [0.15, 0.2) is 0 Å². The molecule has 1 fully saturated rings. The monoisotopic (exact) mass is 257 g/mol. The van der Waals surface area contributed by atoms with E-state index in [9.17, 15) is 4.39 Å². The summed E-state index contributed by atoms with van der Waals surface area (Å²) in [5.41, 5.74) is 0.868. The average Bonchev–Trinajstić information content (AvgIpc) is 2.31. The minimum absolute atomic E-state index is 0.0634. The van der Waals surface area contributed by atoms with Crippen molar-refractivity contribution in [3.05, 3.63) is 34.6 Å². The van der Waals surface area contributed by atoms with Crippen molar-refractivity contribution in [2.24, 2.45) is 0 Å². The van der Waals surface area contributed by atoms with Gasteiger partial charge in [0.05, 0.1) is 0 Å². The Balaban J connectivity index is 1.99. The van der Waals surface area contributed by atoms with Crippen LogP contribution in [-0.2, 0) is 11.3 Å². The predicted molar refractivity (Wildman–Crippen MR) is 66.7 cm³/mol. The fourth-order valence-corrected chi connectivity index (χ4v) is 2.17. The highest BCUT2D eigenvalue weighted by Crippen LogP contribution is 2.22. The van der Waals surface area contributed by atoms with E-state index in [1.54, 1.807) is 6.07 Å². The first-order valence-electron chi connectivity index (χ1n) is 5.86. The summed E-state index contributed by atoms with van der Waals surface area (Å²) in [5, 5.41) is 4.06. The van der Waals surface area contributed by atoms with E-state index in [1.165, 1.54) is 12.1 Å². The van der Waals surface area contributed by atoms with Crippen LogP contribution in [0.1, 0.15) is 25.3 Å². The summed E-state index contributed by atoms with van der Waals surface area (Å²) in [7, 11) is 0. The zero-order valence-electron chi connectivity index (χ0n) is 9.93. The van der Waals surface area contributed by atoms with Crippen molar-refractivity contribution < 1.29 is 9.13 Å². The van der Waals surface area contributed by atoms with E-state index in [1.807, 2.05) is 0 Å². The van der Waals surface area contributed by atoms with Crippen molar-refractivity contribution in [3.63, 3.8) is 0 Å². The van der Waals surface area contributed by atoms with Crippen LogP contribution in [0, 0.1) is 5.82 Å². The lowest BCUT2D eigenvalue weighted by molar-refractivity contribution is 0.0446. The Hall–Kier alpha value is -0.640. The Kier molecular flexibility index (Phi) is 4.02. The minimum Gasteiger partial charge on any atom is -0.381 e. The van der Waals surface area contributed by atoms with Crippen LogP contribution in [0.3, 0.4) is 0 Å². The molecular weight excluding hydrogens is 241 g/mol. The molecular formula is C13H17ClFNO. The Labute approximate surface area is 106 Å². The maximum Gasteiger partial charge on any atom is 0.123 e. The van der Waals surface area contributed by atoms with Gasteiger partial charge in [-0.1, -0.05) is 11.6 Å². The molecule has 0 aromatic heterocycles. The van der Waals surface area contributed by atoms with E-state index in [4.69, 9.17) is 16.3 Å².